The zero-order valence-corrected chi connectivity index (χ0v) is 17.7. The summed E-state index contributed by atoms with van der Waals surface area (Å²) >= 11 is 6.40. The molecule has 0 atom stereocenters. The van der Waals surface area contributed by atoms with Crippen LogP contribution in [0.15, 0.2) is 91.0 Å². The molecule has 0 aromatic heterocycles. The second-order valence-corrected chi connectivity index (χ2v) is 6.23. The summed E-state index contributed by atoms with van der Waals surface area (Å²) in [4.78, 5) is 0. The molecule has 4 rings (SSSR count). The average molecular weight is 428 g/mol. The summed E-state index contributed by atoms with van der Waals surface area (Å²) in [7, 11) is 0. The fourth-order valence-electron chi connectivity index (χ4n) is 2.90. The van der Waals surface area contributed by atoms with Gasteiger partial charge in [0.15, 0.2) is 0 Å². The van der Waals surface area contributed by atoms with Gasteiger partial charge in [-0.2, -0.15) is 47.0 Å². The third-order valence-electron chi connectivity index (χ3n) is 4.14. The van der Waals surface area contributed by atoms with Crippen LogP contribution in [0.4, 0.5) is 0 Å². The Labute approximate surface area is 184 Å². The standard InChI is InChI=1S/C24H15Cl.Y/c25-24-14-8-7-13-23(24)22-16-20(18-9-3-1-4-10-18)15-21(17-22)19-11-5-2-6-12-19;/h1-12,14-16H;/q-2;. The fourth-order valence-corrected chi connectivity index (χ4v) is 3.13. The monoisotopic (exact) mass is 427 g/mol. The average Bonchev–Trinajstić information content (AvgIpc) is 2.69. The van der Waals surface area contributed by atoms with Gasteiger partial charge in [0.1, 0.15) is 0 Å². The van der Waals surface area contributed by atoms with Crippen molar-refractivity contribution in [3.8, 4) is 33.4 Å². The summed E-state index contributed by atoms with van der Waals surface area (Å²) in [5.74, 6) is 0. The predicted molar refractivity (Wildman–Crippen MR) is 105 cm³/mol. The van der Waals surface area contributed by atoms with Gasteiger partial charge in [0.2, 0.25) is 0 Å². The van der Waals surface area contributed by atoms with E-state index in [0.29, 0.717) is 5.02 Å². The maximum absolute atomic E-state index is 6.40. The Morgan fingerprint density at radius 2 is 1.23 bits per heavy atom. The summed E-state index contributed by atoms with van der Waals surface area (Å²) in [6, 6.07) is 37.4. The molecule has 0 aliphatic rings. The number of hydrogen-bond acceptors (Lipinski definition) is 0. The molecule has 0 amide bonds. The molecule has 0 bridgehead atoms. The normalized spacial score (nSPS) is 10.2. The molecule has 0 nitrogen and oxygen atoms in total. The number of benzene rings is 4. The zero-order valence-electron chi connectivity index (χ0n) is 14.1. The molecule has 2 heteroatoms. The van der Waals surface area contributed by atoms with Crippen molar-refractivity contribution in [1.29, 1.82) is 0 Å². The molecule has 0 aliphatic heterocycles. The van der Waals surface area contributed by atoms with Gasteiger partial charge in [-0.1, -0.05) is 76.8 Å². The van der Waals surface area contributed by atoms with Crippen LogP contribution in [0, 0.1) is 12.1 Å². The molecule has 0 spiro atoms. The maximum Gasteiger partial charge on any atom is 0 e. The topological polar surface area (TPSA) is 0 Å². The molecule has 0 saturated heterocycles. The Morgan fingerprint density at radius 3 is 1.88 bits per heavy atom. The van der Waals surface area contributed by atoms with E-state index in [2.05, 4.69) is 60.7 Å². The van der Waals surface area contributed by atoms with Gasteiger partial charge in [0.05, 0.1) is 0 Å². The molecule has 0 N–H and O–H groups in total. The van der Waals surface area contributed by atoms with Gasteiger partial charge >= 0.3 is 0 Å². The molecule has 1 radical (unpaired) electrons. The van der Waals surface area contributed by atoms with E-state index in [9.17, 15) is 0 Å². The Kier molecular flexibility index (Phi) is 6.43. The van der Waals surface area contributed by atoms with Crippen molar-refractivity contribution in [3.63, 3.8) is 0 Å². The van der Waals surface area contributed by atoms with Gasteiger partial charge < -0.3 is 0 Å². The minimum Gasteiger partial charge on any atom is -0.198 e. The van der Waals surface area contributed by atoms with Crippen LogP contribution in [0.25, 0.3) is 33.4 Å². The minimum atomic E-state index is 0. The first-order valence-electron chi connectivity index (χ1n) is 8.16. The minimum absolute atomic E-state index is 0. The van der Waals surface area contributed by atoms with Crippen LogP contribution in [0.2, 0.25) is 5.02 Å². The number of rotatable bonds is 3. The molecule has 123 valence electrons. The second-order valence-electron chi connectivity index (χ2n) is 5.82. The van der Waals surface area contributed by atoms with Crippen LogP contribution < -0.4 is 0 Å². The van der Waals surface area contributed by atoms with Crippen molar-refractivity contribution in [1.82, 2.24) is 0 Å². The third-order valence-corrected chi connectivity index (χ3v) is 4.45. The van der Waals surface area contributed by atoms with Crippen molar-refractivity contribution >= 4 is 11.6 Å². The Hall–Kier alpha value is -1.73. The van der Waals surface area contributed by atoms with Gasteiger partial charge in [0.25, 0.3) is 0 Å². The number of halogens is 1. The Bertz CT molecular complexity index is 937. The van der Waals surface area contributed by atoms with Crippen LogP contribution in [-0.2, 0) is 32.7 Å². The molecule has 0 heterocycles. The van der Waals surface area contributed by atoms with Crippen LogP contribution in [0.5, 0.6) is 0 Å². The third kappa shape index (κ3) is 4.15. The van der Waals surface area contributed by atoms with E-state index in [1.165, 1.54) is 5.56 Å². The molecular formula is C24H15ClY-2. The largest absolute Gasteiger partial charge is 0.198 e. The number of hydrogen-bond donors (Lipinski definition) is 0. The first-order chi connectivity index (χ1) is 12.3. The van der Waals surface area contributed by atoms with Gasteiger partial charge in [-0.15, -0.1) is 23.8 Å². The van der Waals surface area contributed by atoms with E-state index in [1.54, 1.807) is 0 Å². The summed E-state index contributed by atoms with van der Waals surface area (Å²) in [6.45, 7) is 0. The summed E-state index contributed by atoms with van der Waals surface area (Å²) in [5, 5.41) is 0.683. The molecule has 4 aromatic carbocycles. The fraction of sp³-hybridized carbons (Fsp3) is 0. The van der Waals surface area contributed by atoms with Crippen LogP contribution in [0.1, 0.15) is 0 Å². The maximum atomic E-state index is 6.40. The van der Waals surface area contributed by atoms with E-state index >= 15 is 0 Å². The van der Waals surface area contributed by atoms with Crippen LogP contribution in [0.3, 0.4) is 0 Å². The van der Waals surface area contributed by atoms with Gasteiger partial charge in [-0.25, -0.2) is 0 Å². The molecule has 4 aromatic rings. The first kappa shape index (κ1) is 19.0. The van der Waals surface area contributed by atoms with Gasteiger partial charge in [0, 0.05) is 32.7 Å². The van der Waals surface area contributed by atoms with Crippen molar-refractivity contribution in [3.05, 3.63) is 108 Å². The van der Waals surface area contributed by atoms with Crippen molar-refractivity contribution in [2.45, 2.75) is 0 Å². The second kappa shape index (κ2) is 8.78. The molecular weight excluding hydrogens is 413 g/mol. The van der Waals surface area contributed by atoms with E-state index in [0.717, 1.165) is 27.8 Å². The first-order valence-corrected chi connectivity index (χ1v) is 8.54. The van der Waals surface area contributed by atoms with Gasteiger partial charge in [-0.3, -0.25) is 0 Å². The molecule has 0 aliphatic carbocycles. The molecule has 0 unspecified atom stereocenters. The molecule has 0 saturated carbocycles. The van der Waals surface area contributed by atoms with E-state index in [1.807, 2.05) is 42.5 Å². The van der Waals surface area contributed by atoms with E-state index in [-0.39, 0.29) is 32.7 Å². The summed E-state index contributed by atoms with van der Waals surface area (Å²) in [5.41, 5.74) is 6.31. The Morgan fingerprint density at radius 1 is 0.615 bits per heavy atom. The van der Waals surface area contributed by atoms with E-state index < -0.39 is 0 Å². The Balaban J connectivity index is 0.00000196. The zero-order chi connectivity index (χ0) is 17.1. The van der Waals surface area contributed by atoms with Crippen LogP contribution >= 0.6 is 11.6 Å². The van der Waals surface area contributed by atoms with Crippen molar-refractivity contribution in [2.24, 2.45) is 0 Å². The summed E-state index contributed by atoms with van der Waals surface area (Å²) < 4.78 is 0. The molecule has 26 heavy (non-hydrogen) atoms. The van der Waals surface area contributed by atoms with Crippen molar-refractivity contribution < 1.29 is 32.7 Å². The SMILES string of the molecule is Clc1ccc[c-]c1-c1[c-]c(-c2ccccc2)cc(-c2ccccc2)c1.[Y]. The van der Waals surface area contributed by atoms with E-state index in [4.69, 9.17) is 11.6 Å². The summed E-state index contributed by atoms with van der Waals surface area (Å²) in [6.07, 6.45) is 0. The molecule has 0 fully saturated rings. The van der Waals surface area contributed by atoms with Gasteiger partial charge in [-0.05, 0) is 5.56 Å². The van der Waals surface area contributed by atoms with Crippen LogP contribution in [-0.4, -0.2) is 0 Å². The quantitative estimate of drug-likeness (QED) is 0.311. The van der Waals surface area contributed by atoms with Crippen molar-refractivity contribution in [2.75, 3.05) is 0 Å². The smallest absolute Gasteiger partial charge is 0 e. The predicted octanol–water partition coefficient (Wildman–Crippen LogP) is 6.94.